The van der Waals surface area contributed by atoms with Gasteiger partial charge in [-0.05, 0) is 32.7 Å². The highest BCUT2D eigenvalue weighted by Crippen LogP contribution is 2.20. The van der Waals surface area contributed by atoms with E-state index in [1.807, 2.05) is 7.05 Å². The molecule has 0 bridgehead atoms. The van der Waals surface area contributed by atoms with Crippen molar-refractivity contribution in [3.63, 3.8) is 0 Å². The van der Waals surface area contributed by atoms with Gasteiger partial charge >= 0.3 is 0 Å². The van der Waals surface area contributed by atoms with Crippen molar-refractivity contribution in [3.05, 3.63) is 22.7 Å². The first kappa shape index (κ1) is 12.1. The van der Waals surface area contributed by atoms with Gasteiger partial charge in [0.15, 0.2) is 5.82 Å². The van der Waals surface area contributed by atoms with Crippen LogP contribution in [-0.2, 0) is 7.05 Å². The minimum Gasteiger partial charge on any atom is -0.363 e. The quantitative estimate of drug-likeness (QED) is 0.812. The second-order valence-electron chi connectivity index (χ2n) is 4.67. The minimum atomic E-state index is -0.0526. The van der Waals surface area contributed by atoms with E-state index >= 15 is 0 Å². The topological polar surface area (TPSA) is 59.0 Å². The first-order valence-corrected chi connectivity index (χ1v) is 6.16. The van der Waals surface area contributed by atoms with Crippen LogP contribution in [-0.4, -0.2) is 28.7 Å². The van der Waals surface area contributed by atoms with Gasteiger partial charge in [-0.2, -0.15) is 0 Å². The van der Waals surface area contributed by atoms with E-state index in [1.165, 1.54) is 0 Å². The van der Waals surface area contributed by atoms with Crippen molar-refractivity contribution in [2.45, 2.75) is 37.8 Å². The Morgan fingerprint density at radius 1 is 1.29 bits per heavy atom. The molecular formula is C12H20N4O. The van der Waals surface area contributed by atoms with Gasteiger partial charge < -0.3 is 15.2 Å². The second kappa shape index (κ2) is 5.31. The van der Waals surface area contributed by atoms with Crippen LogP contribution in [0.2, 0.25) is 0 Å². The van der Waals surface area contributed by atoms with Crippen LogP contribution in [0.3, 0.4) is 0 Å². The molecule has 0 unspecified atom stereocenters. The lowest BCUT2D eigenvalue weighted by Gasteiger charge is -2.28. The number of hydrogen-bond donors (Lipinski definition) is 2. The first-order chi connectivity index (χ1) is 8.20. The van der Waals surface area contributed by atoms with Crippen molar-refractivity contribution in [2.75, 3.05) is 12.4 Å². The van der Waals surface area contributed by atoms with Gasteiger partial charge in [-0.25, -0.2) is 4.98 Å². The highest BCUT2D eigenvalue weighted by Gasteiger charge is 2.20. The zero-order valence-electron chi connectivity index (χ0n) is 10.4. The molecule has 0 saturated heterocycles. The third-order valence-electron chi connectivity index (χ3n) is 3.49. The van der Waals surface area contributed by atoms with E-state index in [2.05, 4.69) is 15.6 Å². The van der Waals surface area contributed by atoms with Crippen LogP contribution in [0, 0.1) is 0 Å². The van der Waals surface area contributed by atoms with Crippen molar-refractivity contribution in [1.29, 1.82) is 0 Å². The lowest BCUT2D eigenvalue weighted by atomic mass is 9.91. The third-order valence-corrected chi connectivity index (χ3v) is 3.49. The molecule has 0 aliphatic heterocycles. The largest absolute Gasteiger partial charge is 0.363 e. The fraction of sp³-hybridized carbons (Fsp3) is 0.667. The molecular weight excluding hydrogens is 216 g/mol. The normalized spacial score (nSPS) is 24.6. The molecule has 2 N–H and O–H groups in total. The molecule has 17 heavy (non-hydrogen) atoms. The average molecular weight is 236 g/mol. The number of aromatic nitrogens is 2. The van der Waals surface area contributed by atoms with E-state index < -0.39 is 0 Å². The summed E-state index contributed by atoms with van der Waals surface area (Å²) in [5, 5.41) is 6.56. The van der Waals surface area contributed by atoms with Crippen LogP contribution in [0.1, 0.15) is 25.7 Å². The molecule has 1 saturated carbocycles. The number of rotatable bonds is 3. The van der Waals surface area contributed by atoms with Crippen molar-refractivity contribution in [1.82, 2.24) is 14.9 Å². The van der Waals surface area contributed by atoms with Gasteiger partial charge in [0.25, 0.3) is 5.56 Å². The highest BCUT2D eigenvalue weighted by atomic mass is 16.1. The Labute approximate surface area is 101 Å². The summed E-state index contributed by atoms with van der Waals surface area (Å²) in [6.45, 7) is 0. The molecule has 1 fully saturated rings. The van der Waals surface area contributed by atoms with Crippen molar-refractivity contribution in [2.24, 2.45) is 7.05 Å². The zero-order chi connectivity index (χ0) is 12.3. The summed E-state index contributed by atoms with van der Waals surface area (Å²) in [4.78, 5) is 15.9. The summed E-state index contributed by atoms with van der Waals surface area (Å²) in [5.41, 5.74) is -0.0526. The molecule has 5 nitrogen and oxygen atoms in total. The fourth-order valence-electron chi connectivity index (χ4n) is 2.32. The SMILES string of the molecule is CNC1CCC(Nc2nccn(C)c2=O)CC1. The number of nitrogens with zero attached hydrogens (tertiary/aromatic N) is 2. The maximum atomic E-state index is 11.8. The molecule has 0 atom stereocenters. The summed E-state index contributed by atoms with van der Waals surface area (Å²) in [6.07, 6.45) is 7.81. The van der Waals surface area contributed by atoms with Gasteiger partial charge in [0.2, 0.25) is 0 Å². The Hall–Kier alpha value is -1.36. The van der Waals surface area contributed by atoms with Gasteiger partial charge in [0, 0.05) is 31.5 Å². The summed E-state index contributed by atoms with van der Waals surface area (Å²) in [5.74, 6) is 0.475. The lowest BCUT2D eigenvalue weighted by Crippen LogP contribution is -2.36. The van der Waals surface area contributed by atoms with Gasteiger partial charge in [-0.15, -0.1) is 0 Å². The van der Waals surface area contributed by atoms with Crippen LogP contribution in [0.4, 0.5) is 5.82 Å². The third kappa shape index (κ3) is 2.85. The van der Waals surface area contributed by atoms with Crippen molar-refractivity contribution >= 4 is 5.82 Å². The summed E-state index contributed by atoms with van der Waals surface area (Å²) in [6, 6.07) is 1.00. The highest BCUT2D eigenvalue weighted by molar-refractivity contribution is 5.32. The molecule has 1 aliphatic carbocycles. The van der Waals surface area contributed by atoms with E-state index in [0.29, 0.717) is 17.9 Å². The second-order valence-corrected chi connectivity index (χ2v) is 4.67. The molecule has 2 rings (SSSR count). The number of hydrogen-bond acceptors (Lipinski definition) is 4. The fourth-order valence-corrected chi connectivity index (χ4v) is 2.32. The monoisotopic (exact) mass is 236 g/mol. The molecule has 0 radical (unpaired) electrons. The molecule has 0 amide bonds. The number of aryl methyl sites for hydroxylation is 1. The van der Waals surface area contributed by atoms with E-state index in [9.17, 15) is 4.79 Å². The minimum absolute atomic E-state index is 0.0526. The van der Waals surface area contributed by atoms with Crippen LogP contribution < -0.4 is 16.2 Å². The van der Waals surface area contributed by atoms with Gasteiger partial charge in [0.05, 0.1) is 0 Å². The molecule has 5 heteroatoms. The van der Waals surface area contributed by atoms with Crippen molar-refractivity contribution in [3.8, 4) is 0 Å². The predicted molar refractivity (Wildman–Crippen MR) is 68.2 cm³/mol. The molecule has 1 heterocycles. The Kier molecular flexibility index (Phi) is 3.78. The molecule has 0 aromatic carbocycles. The van der Waals surface area contributed by atoms with Gasteiger partial charge in [-0.3, -0.25) is 4.79 Å². The zero-order valence-corrected chi connectivity index (χ0v) is 10.4. The van der Waals surface area contributed by atoms with E-state index in [0.717, 1.165) is 25.7 Å². The van der Waals surface area contributed by atoms with Gasteiger partial charge in [0.1, 0.15) is 0 Å². The first-order valence-electron chi connectivity index (χ1n) is 6.16. The Morgan fingerprint density at radius 2 is 1.94 bits per heavy atom. The number of anilines is 1. The Balaban J connectivity index is 1.98. The maximum absolute atomic E-state index is 11.8. The predicted octanol–water partition coefficient (Wildman–Crippen LogP) is 0.723. The molecule has 1 aliphatic rings. The molecule has 94 valence electrons. The Bertz CT molecular complexity index is 421. The number of nitrogens with one attached hydrogen (secondary N) is 2. The standard InChI is InChI=1S/C12H20N4O/c1-13-9-3-5-10(6-4-9)15-11-12(17)16(2)8-7-14-11/h7-10,13H,3-6H2,1-2H3,(H,14,15). The van der Waals surface area contributed by atoms with E-state index in [4.69, 9.17) is 0 Å². The van der Waals surface area contributed by atoms with Crippen LogP contribution in [0.25, 0.3) is 0 Å². The van der Waals surface area contributed by atoms with Crippen LogP contribution in [0.5, 0.6) is 0 Å². The van der Waals surface area contributed by atoms with Crippen LogP contribution >= 0.6 is 0 Å². The summed E-state index contributed by atoms with van der Waals surface area (Å²) >= 11 is 0. The van der Waals surface area contributed by atoms with Gasteiger partial charge in [-0.1, -0.05) is 0 Å². The molecule has 0 spiro atoms. The van der Waals surface area contributed by atoms with Crippen molar-refractivity contribution < 1.29 is 0 Å². The summed E-state index contributed by atoms with van der Waals surface area (Å²) in [7, 11) is 3.75. The Morgan fingerprint density at radius 3 is 2.59 bits per heavy atom. The maximum Gasteiger partial charge on any atom is 0.293 e. The van der Waals surface area contributed by atoms with E-state index in [1.54, 1.807) is 24.0 Å². The van der Waals surface area contributed by atoms with Crippen LogP contribution in [0.15, 0.2) is 17.2 Å². The molecule has 1 aromatic rings. The van der Waals surface area contributed by atoms with E-state index in [-0.39, 0.29) is 5.56 Å². The average Bonchev–Trinajstić information content (AvgIpc) is 2.36. The smallest absolute Gasteiger partial charge is 0.293 e. The summed E-state index contributed by atoms with van der Waals surface area (Å²) < 4.78 is 1.55. The molecule has 1 aromatic heterocycles. The lowest BCUT2D eigenvalue weighted by molar-refractivity contribution is 0.371.